The van der Waals surface area contributed by atoms with Crippen molar-refractivity contribution in [1.29, 1.82) is 0 Å². The lowest BCUT2D eigenvalue weighted by molar-refractivity contribution is 0.164. The average molecular weight is 266 g/mol. The Hall–Kier alpha value is -2.46. The fourth-order valence-electron chi connectivity index (χ4n) is 2.03. The third kappa shape index (κ3) is 2.60. The third-order valence-electron chi connectivity index (χ3n) is 2.96. The molecule has 0 radical (unpaired) electrons. The highest BCUT2D eigenvalue weighted by atomic mass is 16.5. The molecule has 0 aliphatic rings. The monoisotopic (exact) mass is 266 g/mol. The highest BCUT2D eigenvalue weighted by Crippen LogP contribution is 2.24. The summed E-state index contributed by atoms with van der Waals surface area (Å²) in [6, 6.07) is 11.7. The molecule has 0 aliphatic heterocycles. The fourth-order valence-corrected chi connectivity index (χ4v) is 2.03. The van der Waals surface area contributed by atoms with Crippen molar-refractivity contribution in [2.24, 2.45) is 4.99 Å². The van der Waals surface area contributed by atoms with Gasteiger partial charge in [0.25, 0.3) is 0 Å². The van der Waals surface area contributed by atoms with Gasteiger partial charge in [0.1, 0.15) is 18.1 Å². The summed E-state index contributed by atoms with van der Waals surface area (Å²) in [7, 11) is 1.64. The molecule has 0 unspecified atom stereocenters. The molecule has 4 nitrogen and oxygen atoms in total. The van der Waals surface area contributed by atoms with Crippen molar-refractivity contribution in [3.8, 4) is 0 Å². The number of fused-ring (bicyclic) bond motifs is 1. The van der Waals surface area contributed by atoms with Gasteiger partial charge in [-0.25, -0.2) is 0 Å². The maximum absolute atomic E-state index is 5.57. The van der Waals surface area contributed by atoms with Gasteiger partial charge in [-0.3, -0.25) is 9.98 Å². The van der Waals surface area contributed by atoms with Crippen LogP contribution >= 0.6 is 0 Å². The van der Waals surface area contributed by atoms with Gasteiger partial charge in [0.05, 0.1) is 11.9 Å². The topological polar surface area (TPSA) is 47.6 Å². The maximum atomic E-state index is 5.57. The molecule has 100 valence electrons. The van der Waals surface area contributed by atoms with Gasteiger partial charge in [-0.1, -0.05) is 12.1 Å². The van der Waals surface area contributed by atoms with Crippen LogP contribution in [0.2, 0.25) is 0 Å². The lowest BCUT2D eigenvalue weighted by Crippen LogP contribution is -1.82. The van der Waals surface area contributed by atoms with Crippen LogP contribution in [0, 0.1) is 0 Å². The Labute approximate surface area is 116 Å². The van der Waals surface area contributed by atoms with Gasteiger partial charge < -0.3 is 9.15 Å². The van der Waals surface area contributed by atoms with Crippen LogP contribution in [0.5, 0.6) is 0 Å². The number of nitrogens with zero attached hydrogens (tertiary/aromatic N) is 2. The summed E-state index contributed by atoms with van der Waals surface area (Å²) >= 11 is 0. The van der Waals surface area contributed by atoms with Crippen LogP contribution in [0.3, 0.4) is 0 Å². The number of rotatable bonds is 4. The quantitative estimate of drug-likeness (QED) is 0.676. The molecule has 3 rings (SSSR count). The van der Waals surface area contributed by atoms with Gasteiger partial charge in [0.15, 0.2) is 0 Å². The van der Waals surface area contributed by atoms with Gasteiger partial charge in [0.2, 0.25) is 0 Å². The second kappa shape index (κ2) is 5.67. The predicted molar refractivity (Wildman–Crippen MR) is 78.4 cm³/mol. The van der Waals surface area contributed by atoms with E-state index in [0.717, 1.165) is 22.2 Å². The number of furan rings is 1. The van der Waals surface area contributed by atoms with E-state index in [0.29, 0.717) is 12.4 Å². The van der Waals surface area contributed by atoms with Crippen LogP contribution in [-0.2, 0) is 11.3 Å². The summed E-state index contributed by atoms with van der Waals surface area (Å²) in [5.41, 5.74) is 0.898. The van der Waals surface area contributed by atoms with E-state index >= 15 is 0 Å². The number of aliphatic imine (C=N–C) groups is 1. The molecule has 2 heterocycles. The zero-order chi connectivity index (χ0) is 13.8. The maximum Gasteiger partial charge on any atom is 0.145 e. The van der Waals surface area contributed by atoms with E-state index in [-0.39, 0.29) is 0 Å². The number of aromatic nitrogens is 1. The highest BCUT2D eigenvalue weighted by Gasteiger charge is 2.01. The van der Waals surface area contributed by atoms with Crippen molar-refractivity contribution in [2.45, 2.75) is 6.61 Å². The molecule has 0 aliphatic carbocycles. The van der Waals surface area contributed by atoms with Crippen molar-refractivity contribution in [3.05, 3.63) is 60.3 Å². The summed E-state index contributed by atoms with van der Waals surface area (Å²) in [5.74, 6) is 1.50. The molecule has 3 aromatic rings. The standard InChI is InChI=1S/C16H14N2O2/c1-19-11-14-6-5-13(20-14)10-18-16-4-2-3-12-9-17-8-7-15(12)16/h2-10H,11H2,1H3. The van der Waals surface area contributed by atoms with Gasteiger partial charge in [-0.2, -0.15) is 0 Å². The Morgan fingerprint density at radius 1 is 1.25 bits per heavy atom. The van der Waals surface area contributed by atoms with E-state index in [2.05, 4.69) is 9.98 Å². The first-order chi connectivity index (χ1) is 9.86. The van der Waals surface area contributed by atoms with Crippen LogP contribution in [0.25, 0.3) is 10.8 Å². The average Bonchev–Trinajstić information content (AvgIpc) is 2.93. The van der Waals surface area contributed by atoms with E-state index in [1.165, 1.54) is 0 Å². The largest absolute Gasteiger partial charge is 0.458 e. The Bertz CT molecular complexity index is 742. The van der Waals surface area contributed by atoms with Crippen molar-refractivity contribution in [3.63, 3.8) is 0 Å². The molecular formula is C16H14N2O2. The second-order valence-corrected chi connectivity index (χ2v) is 4.37. The van der Waals surface area contributed by atoms with E-state index < -0.39 is 0 Å². The summed E-state index contributed by atoms with van der Waals surface area (Å²) in [6.45, 7) is 0.466. The Balaban J connectivity index is 1.90. The molecule has 0 fully saturated rings. The highest BCUT2D eigenvalue weighted by molar-refractivity contribution is 5.94. The number of hydrogen-bond donors (Lipinski definition) is 0. The molecular weight excluding hydrogens is 252 g/mol. The minimum absolute atomic E-state index is 0.466. The Kier molecular flexibility index (Phi) is 3.56. The van der Waals surface area contributed by atoms with E-state index in [1.54, 1.807) is 19.5 Å². The molecule has 2 aromatic heterocycles. The van der Waals surface area contributed by atoms with E-state index in [9.17, 15) is 0 Å². The lowest BCUT2D eigenvalue weighted by Gasteiger charge is -2.00. The van der Waals surface area contributed by atoms with Crippen LogP contribution in [0.4, 0.5) is 5.69 Å². The van der Waals surface area contributed by atoms with Gasteiger partial charge in [-0.05, 0) is 24.3 Å². The normalized spacial score (nSPS) is 11.4. The van der Waals surface area contributed by atoms with E-state index in [4.69, 9.17) is 9.15 Å². The van der Waals surface area contributed by atoms with Crippen molar-refractivity contribution < 1.29 is 9.15 Å². The summed E-state index contributed by atoms with van der Waals surface area (Å²) in [5, 5.41) is 2.14. The van der Waals surface area contributed by atoms with Gasteiger partial charge in [0, 0.05) is 30.3 Å². The smallest absolute Gasteiger partial charge is 0.145 e. The molecule has 0 spiro atoms. The molecule has 0 saturated carbocycles. The van der Waals surface area contributed by atoms with Crippen LogP contribution in [0.1, 0.15) is 11.5 Å². The molecule has 0 saturated heterocycles. The SMILES string of the molecule is COCc1ccc(C=Nc2cccc3cnccc23)o1. The van der Waals surface area contributed by atoms with Crippen LogP contribution < -0.4 is 0 Å². The molecule has 0 N–H and O–H groups in total. The van der Waals surface area contributed by atoms with E-state index in [1.807, 2.05) is 42.6 Å². The molecule has 0 amide bonds. The minimum Gasteiger partial charge on any atom is -0.458 e. The molecule has 4 heteroatoms. The molecule has 20 heavy (non-hydrogen) atoms. The van der Waals surface area contributed by atoms with Crippen molar-refractivity contribution in [2.75, 3.05) is 7.11 Å². The summed E-state index contributed by atoms with van der Waals surface area (Å²) < 4.78 is 10.6. The number of hydrogen-bond acceptors (Lipinski definition) is 4. The van der Waals surface area contributed by atoms with Crippen LogP contribution in [-0.4, -0.2) is 18.3 Å². The van der Waals surface area contributed by atoms with Gasteiger partial charge in [-0.15, -0.1) is 0 Å². The first-order valence-corrected chi connectivity index (χ1v) is 6.31. The first kappa shape index (κ1) is 12.6. The summed E-state index contributed by atoms with van der Waals surface area (Å²) in [4.78, 5) is 8.60. The minimum atomic E-state index is 0.466. The van der Waals surface area contributed by atoms with Gasteiger partial charge >= 0.3 is 0 Å². The number of pyridine rings is 1. The zero-order valence-corrected chi connectivity index (χ0v) is 11.1. The number of ether oxygens (including phenoxy) is 1. The molecule has 0 bridgehead atoms. The number of benzene rings is 1. The predicted octanol–water partition coefficient (Wildman–Crippen LogP) is 3.72. The zero-order valence-electron chi connectivity index (χ0n) is 11.1. The Morgan fingerprint density at radius 2 is 2.20 bits per heavy atom. The Morgan fingerprint density at radius 3 is 3.10 bits per heavy atom. The summed E-state index contributed by atoms with van der Waals surface area (Å²) in [6.07, 6.45) is 5.32. The van der Waals surface area contributed by atoms with Crippen molar-refractivity contribution in [1.82, 2.24) is 4.98 Å². The second-order valence-electron chi connectivity index (χ2n) is 4.37. The number of methoxy groups -OCH3 is 1. The lowest BCUT2D eigenvalue weighted by atomic mass is 10.1. The first-order valence-electron chi connectivity index (χ1n) is 6.31. The van der Waals surface area contributed by atoms with Crippen LogP contribution in [0.15, 0.2) is 58.2 Å². The molecule has 1 aromatic carbocycles. The molecule has 0 atom stereocenters. The van der Waals surface area contributed by atoms with Crippen molar-refractivity contribution >= 4 is 22.7 Å². The third-order valence-corrected chi connectivity index (χ3v) is 2.96. The fraction of sp³-hybridized carbons (Fsp3) is 0.125.